The summed E-state index contributed by atoms with van der Waals surface area (Å²) in [5.41, 5.74) is 1.92. The molecule has 0 aliphatic rings. The predicted molar refractivity (Wildman–Crippen MR) is 71.6 cm³/mol. The Morgan fingerprint density at radius 3 is 2.89 bits per heavy atom. The van der Waals surface area contributed by atoms with Crippen LogP contribution < -0.4 is 10.1 Å². The molecule has 0 aliphatic carbocycles. The number of nitrogens with zero attached hydrogens (tertiary/aromatic N) is 2. The van der Waals surface area contributed by atoms with E-state index in [1.165, 1.54) is 0 Å². The molecule has 1 heterocycles. The normalized spacial score (nSPS) is 10.4. The largest absolute Gasteiger partial charge is 0.491 e. The Morgan fingerprint density at radius 2 is 2.17 bits per heavy atom. The van der Waals surface area contributed by atoms with E-state index in [1.807, 2.05) is 38.1 Å². The van der Waals surface area contributed by atoms with Crippen LogP contribution in [0.4, 0.5) is 5.69 Å². The first-order valence-electron chi connectivity index (χ1n) is 5.99. The van der Waals surface area contributed by atoms with Gasteiger partial charge in [0.25, 0.3) is 0 Å². The number of aromatic nitrogens is 2. The van der Waals surface area contributed by atoms with Gasteiger partial charge in [-0.25, -0.2) is 0 Å². The molecule has 4 nitrogen and oxygen atoms in total. The van der Waals surface area contributed by atoms with Gasteiger partial charge in [-0.1, -0.05) is 6.07 Å². The minimum Gasteiger partial charge on any atom is -0.491 e. The Hall–Kier alpha value is -2.10. The minimum atomic E-state index is 0.181. The fourth-order valence-corrected chi connectivity index (χ4v) is 1.57. The number of hydrogen-bond donors (Lipinski definition) is 1. The van der Waals surface area contributed by atoms with Crippen molar-refractivity contribution in [3.63, 3.8) is 0 Å². The van der Waals surface area contributed by atoms with E-state index in [4.69, 9.17) is 4.74 Å². The second-order valence-electron chi connectivity index (χ2n) is 4.24. The van der Waals surface area contributed by atoms with E-state index in [1.54, 1.807) is 18.6 Å². The average Bonchev–Trinajstić information content (AvgIpc) is 2.37. The molecule has 0 amide bonds. The molecular weight excluding hydrogens is 226 g/mol. The molecule has 0 fully saturated rings. The molecule has 2 rings (SSSR count). The smallest absolute Gasteiger partial charge is 0.121 e. The summed E-state index contributed by atoms with van der Waals surface area (Å²) >= 11 is 0. The van der Waals surface area contributed by atoms with Crippen molar-refractivity contribution in [3.05, 3.63) is 48.5 Å². The number of hydrogen-bond acceptors (Lipinski definition) is 4. The van der Waals surface area contributed by atoms with Gasteiger partial charge in [0.15, 0.2) is 0 Å². The van der Waals surface area contributed by atoms with Crippen molar-refractivity contribution in [2.75, 3.05) is 5.32 Å². The lowest BCUT2D eigenvalue weighted by atomic mass is 10.3. The number of anilines is 1. The van der Waals surface area contributed by atoms with Gasteiger partial charge >= 0.3 is 0 Å². The van der Waals surface area contributed by atoms with E-state index in [0.717, 1.165) is 17.1 Å². The zero-order valence-electron chi connectivity index (χ0n) is 10.6. The quantitative estimate of drug-likeness (QED) is 0.877. The molecular formula is C14H17N3O. The van der Waals surface area contributed by atoms with Crippen molar-refractivity contribution in [1.82, 2.24) is 9.97 Å². The van der Waals surface area contributed by atoms with Crippen LogP contribution in [0.5, 0.6) is 5.75 Å². The lowest BCUT2D eigenvalue weighted by molar-refractivity contribution is 0.242. The van der Waals surface area contributed by atoms with E-state index in [9.17, 15) is 0 Å². The summed E-state index contributed by atoms with van der Waals surface area (Å²) in [6, 6.07) is 7.91. The standard InChI is InChI=1S/C14H17N3O/c1-11(2)18-14-5-3-4-12(8-14)17-10-13-9-15-6-7-16-13/h3-9,11,17H,10H2,1-2H3. The highest BCUT2D eigenvalue weighted by atomic mass is 16.5. The third kappa shape index (κ3) is 3.73. The highest BCUT2D eigenvalue weighted by molar-refractivity contribution is 5.48. The Labute approximate surface area is 107 Å². The molecule has 0 atom stereocenters. The number of nitrogens with one attached hydrogen (secondary N) is 1. The zero-order valence-corrected chi connectivity index (χ0v) is 10.6. The van der Waals surface area contributed by atoms with Crippen LogP contribution in [0.1, 0.15) is 19.5 Å². The minimum absolute atomic E-state index is 0.181. The molecule has 18 heavy (non-hydrogen) atoms. The van der Waals surface area contributed by atoms with Crippen LogP contribution in [0.3, 0.4) is 0 Å². The molecule has 94 valence electrons. The molecule has 0 aliphatic heterocycles. The van der Waals surface area contributed by atoms with Crippen molar-refractivity contribution >= 4 is 5.69 Å². The summed E-state index contributed by atoms with van der Waals surface area (Å²) in [7, 11) is 0. The molecule has 0 radical (unpaired) electrons. The van der Waals surface area contributed by atoms with Crippen LogP contribution in [0, 0.1) is 0 Å². The molecule has 0 saturated carbocycles. The third-order valence-corrected chi connectivity index (χ3v) is 2.30. The molecule has 0 bridgehead atoms. The van der Waals surface area contributed by atoms with E-state index in [-0.39, 0.29) is 6.10 Å². The van der Waals surface area contributed by atoms with E-state index in [0.29, 0.717) is 6.54 Å². The number of benzene rings is 1. The fourth-order valence-electron chi connectivity index (χ4n) is 1.57. The molecule has 0 unspecified atom stereocenters. The van der Waals surface area contributed by atoms with Crippen LogP contribution in [0.15, 0.2) is 42.9 Å². The van der Waals surface area contributed by atoms with Gasteiger partial charge in [-0.15, -0.1) is 0 Å². The maximum atomic E-state index is 5.64. The Balaban J connectivity index is 1.97. The van der Waals surface area contributed by atoms with Crippen molar-refractivity contribution in [1.29, 1.82) is 0 Å². The lowest BCUT2D eigenvalue weighted by Gasteiger charge is -2.11. The molecule has 4 heteroatoms. The molecule has 1 aromatic heterocycles. The molecule has 0 saturated heterocycles. The van der Waals surface area contributed by atoms with Crippen LogP contribution in [0.2, 0.25) is 0 Å². The van der Waals surface area contributed by atoms with Crippen molar-refractivity contribution in [2.24, 2.45) is 0 Å². The fraction of sp³-hybridized carbons (Fsp3) is 0.286. The maximum absolute atomic E-state index is 5.64. The van der Waals surface area contributed by atoms with Gasteiger partial charge in [-0.05, 0) is 26.0 Å². The average molecular weight is 243 g/mol. The maximum Gasteiger partial charge on any atom is 0.121 e. The van der Waals surface area contributed by atoms with Crippen LogP contribution in [-0.4, -0.2) is 16.1 Å². The predicted octanol–water partition coefficient (Wildman–Crippen LogP) is 2.88. The summed E-state index contributed by atoms with van der Waals surface area (Å²) in [6.07, 6.45) is 5.29. The van der Waals surface area contributed by atoms with Crippen molar-refractivity contribution in [3.8, 4) is 5.75 Å². The first-order chi connectivity index (χ1) is 8.74. The van der Waals surface area contributed by atoms with Gasteiger partial charge < -0.3 is 10.1 Å². The summed E-state index contributed by atoms with van der Waals surface area (Å²) in [5.74, 6) is 0.870. The van der Waals surface area contributed by atoms with Gasteiger partial charge in [0.05, 0.1) is 24.5 Å². The zero-order chi connectivity index (χ0) is 12.8. The number of rotatable bonds is 5. The van der Waals surface area contributed by atoms with Gasteiger partial charge in [0.2, 0.25) is 0 Å². The first kappa shape index (κ1) is 12.4. The van der Waals surface area contributed by atoms with Gasteiger partial charge in [0, 0.05) is 24.1 Å². The lowest BCUT2D eigenvalue weighted by Crippen LogP contribution is -2.06. The summed E-state index contributed by atoms with van der Waals surface area (Å²) in [5, 5.41) is 3.29. The summed E-state index contributed by atoms with van der Waals surface area (Å²) < 4.78 is 5.64. The second-order valence-corrected chi connectivity index (χ2v) is 4.24. The highest BCUT2D eigenvalue weighted by Gasteiger charge is 2.00. The molecule has 1 N–H and O–H groups in total. The van der Waals surface area contributed by atoms with Crippen LogP contribution in [0.25, 0.3) is 0 Å². The topological polar surface area (TPSA) is 47.0 Å². The Bertz CT molecular complexity index is 485. The Kier molecular flexibility index (Phi) is 4.12. The molecule has 1 aromatic carbocycles. The number of ether oxygens (including phenoxy) is 1. The van der Waals surface area contributed by atoms with E-state index < -0.39 is 0 Å². The summed E-state index contributed by atoms with van der Waals surface area (Å²) in [6.45, 7) is 4.68. The molecule has 2 aromatic rings. The Morgan fingerprint density at radius 1 is 1.28 bits per heavy atom. The first-order valence-corrected chi connectivity index (χ1v) is 5.99. The van der Waals surface area contributed by atoms with Gasteiger partial charge in [-0.2, -0.15) is 0 Å². The SMILES string of the molecule is CC(C)Oc1cccc(NCc2cnccn2)c1. The second kappa shape index (κ2) is 6.00. The highest BCUT2D eigenvalue weighted by Crippen LogP contribution is 2.18. The van der Waals surface area contributed by atoms with E-state index in [2.05, 4.69) is 15.3 Å². The summed E-state index contributed by atoms with van der Waals surface area (Å²) in [4.78, 5) is 8.24. The van der Waals surface area contributed by atoms with Crippen LogP contribution >= 0.6 is 0 Å². The van der Waals surface area contributed by atoms with Crippen molar-refractivity contribution < 1.29 is 4.74 Å². The molecule has 0 spiro atoms. The van der Waals surface area contributed by atoms with Gasteiger partial charge in [-0.3, -0.25) is 9.97 Å². The van der Waals surface area contributed by atoms with Gasteiger partial charge in [0.1, 0.15) is 5.75 Å². The van der Waals surface area contributed by atoms with E-state index >= 15 is 0 Å². The van der Waals surface area contributed by atoms with Crippen molar-refractivity contribution in [2.45, 2.75) is 26.5 Å². The third-order valence-electron chi connectivity index (χ3n) is 2.30. The monoisotopic (exact) mass is 243 g/mol. The van der Waals surface area contributed by atoms with Crippen LogP contribution in [-0.2, 0) is 6.54 Å².